The molecule has 5 aromatic rings. The van der Waals surface area contributed by atoms with Gasteiger partial charge in [-0.15, -0.1) is 0 Å². The molecule has 0 amide bonds. The number of fused-ring (bicyclic) bond motifs is 2. The molecule has 0 fully saturated rings. The van der Waals surface area contributed by atoms with Gasteiger partial charge in [0.15, 0.2) is 0 Å². The molecule has 0 spiro atoms. The molecule has 0 aliphatic heterocycles. The van der Waals surface area contributed by atoms with Gasteiger partial charge < -0.3 is 14.5 Å². The number of aryl methyl sites for hydroxylation is 2. The van der Waals surface area contributed by atoms with Crippen molar-refractivity contribution in [1.29, 1.82) is 0 Å². The lowest BCUT2D eigenvalue weighted by atomic mass is 10.0. The summed E-state index contributed by atoms with van der Waals surface area (Å²) in [6.45, 7) is 1.80. The summed E-state index contributed by atoms with van der Waals surface area (Å²) in [6, 6.07) is 22.7. The first-order valence-electron chi connectivity index (χ1n) is 11.4. The van der Waals surface area contributed by atoms with E-state index in [1.54, 1.807) is 13.2 Å². The Morgan fingerprint density at radius 3 is 2.63 bits per heavy atom. The number of carbonyl (C=O) groups excluding carboxylic acids is 1. The third kappa shape index (κ3) is 4.53. The fourth-order valence-corrected chi connectivity index (χ4v) is 4.36. The first-order valence-corrected chi connectivity index (χ1v) is 11.4. The SMILES string of the molecule is COc1ccc(-c2[nH]c3ccccc3c2CCC(=O)OCc2cc(=O)n3c(C)cccc3n2)cc1. The molecule has 5 rings (SSSR count). The number of aromatic amines is 1. The van der Waals surface area contributed by atoms with Crippen LogP contribution in [0.5, 0.6) is 5.75 Å². The summed E-state index contributed by atoms with van der Waals surface area (Å²) in [4.78, 5) is 33.0. The Bertz CT molecular complexity index is 1580. The van der Waals surface area contributed by atoms with Crippen molar-refractivity contribution in [3.05, 3.63) is 100 Å². The van der Waals surface area contributed by atoms with Crippen LogP contribution in [0.3, 0.4) is 0 Å². The highest BCUT2D eigenvalue weighted by Gasteiger charge is 2.15. The van der Waals surface area contributed by atoms with E-state index in [1.165, 1.54) is 10.5 Å². The second-order valence-corrected chi connectivity index (χ2v) is 8.36. The van der Waals surface area contributed by atoms with Crippen molar-refractivity contribution in [2.24, 2.45) is 0 Å². The maximum absolute atomic E-state index is 12.6. The van der Waals surface area contributed by atoms with Gasteiger partial charge in [0.05, 0.1) is 12.8 Å². The molecule has 0 aliphatic carbocycles. The molecule has 0 aliphatic rings. The van der Waals surface area contributed by atoms with Gasteiger partial charge in [-0.1, -0.05) is 24.3 Å². The van der Waals surface area contributed by atoms with Gasteiger partial charge in [0.25, 0.3) is 5.56 Å². The second kappa shape index (κ2) is 9.46. The van der Waals surface area contributed by atoms with Gasteiger partial charge in [-0.05, 0) is 66.9 Å². The number of H-pyrrole nitrogens is 1. The molecular weight excluding hydrogens is 442 g/mol. The van der Waals surface area contributed by atoms with Crippen molar-refractivity contribution in [2.45, 2.75) is 26.4 Å². The van der Waals surface area contributed by atoms with E-state index in [4.69, 9.17) is 9.47 Å². The number of nitrogens with one attached hydrogen (secondary N) is 1. The van der Waals surface area contributed by atoms with Gasteiger partial charge in [0, 0.05) is 34.8 Å². The Kier molecular flexibility index (Phi) is 6.06. The van der Waals surface area contributed by atoms with E-state index in [0.29, 0.717) is 17.8 Å². The molecule has 0 saturated carbocycles. The minimum atomic E-state index is -0.345. The van der Waals surface area contributed by atoms with Crippen molar-refractivity contribution in [3.8, 4) is 17.0 Å². The number of ether oxygens (including phenoxy) is 2. The Hall–Kier alpha value is -4.39. The molecule has 0 atom stereocenters. The van der Waals surface area contributed by atoms with E-state index in [-0.39, 0.29) is 24.6 Å². The zero-order chi connectivity index (χ0) is 24.4. The zero-order valence-corrected chi connectivity index (χ0v) is 19.6. The largest absolute Gasteiger partial charge is 0.497 e. The van der Waals surface area contributed by atoms with E-state index in [1.807, 2.05) is 67.6 Å². The van der Waals surface area contributed by atoms with E-state index in [9.17, 15) is 9.59 Å². The summed E-state index contributed by atoms with van der Waals surface area (Å²) in [5, 5.41) is 1.07. The van der Waals surface area contributed by atoms with Crippen LogP contribution in [0.15, 0.2) is 77.6 Å². The number of hydrogen-bond donors (Lipinski definition) is 1. The topological polar surface area (TPSA) is 85.7 Å². The van der Waals surface area contributed by atoms with Crippen molar-refractivity contribution in [1.82, 2.24) is 14.4 Å². The predicted octanol–water partition coefficient (Wildman–Crippen LogP) is 4.84. The third-order valence-electron chi connectivity index (χ3n) is 6.09. The van der Waals surface area contributed by atoms with Crippen LogP contribution in [0.25, 0.3) is 27.8 Å². The number of rotatable bonds is 7. The summed E-state index contributed by atoms with van der Waals surface area (Å²) in [5.41, 5.74) is 5.63. The monoisotopic (exact) mass is 467 g/mol. The molecule has 1 N–H and O–H groups in total. The van der Waals surface area contributed by atoms with Crippen LogP contribution in [0.2, 0.25) is 0 Å². The predicted molar refractivity (Wildman–Crippen MR) is 135 cm³/mol. The first-order chi connectivity index (χ1) is 17.0. The van der Waals surface area contributed by atoms with Gasteiger partial charge in [-0.2, -0.15) is 0 Å². The first kappa shape index (κ1) is 22.4. The van der Waals surface area contributed by atoms with E-state index >= 15 is 0 Å². The molecule has 2 aromatic carbocycles. The van der Waals surface area contributed by atoms with Crippen LogP contribution in [-0.4, -0.2) is 27.4 Å². The van der Waals surface area contributed by atoms with E-state index in [2.05, 4.69) is 9.97 Å². The highest BCUT2D eigenvalue weighted by atomic mass is 16.5. The Morgan fingerprint density at radius 2 is 1.83 bits per heavy atom. The van der Waals surface area contributed by atoms with Crippen LogP contribution < -0.4 is 10.3 Å². The lowest BCUT2D eigenvalue weighted by Crippen LogP contribution is -2.18. The Balaban J connectivity index is 1.32. The molecule has 176 valence electrons. The Morgan fingerprint density at radius 1 is 1.03 bits per heavy atom. The van der Waals surface area contributed by atoms with Crippen LogP contribution >= 0.6 is 0 Å². The number of methoxy groups -OCH3 is 1. The van der Waals surface area contributed by atoms with Crippen LogP contribution in [-0.2, 0) is 22.6 Å². The number of esters is 1. The maximum atomic E-state index is 12.6. The van der Waals surface area contributed by atoms with Crippen molar-refractivity contribution in [2.75, 3.05) is 7.11 Å². The minimum Gasteiger partial charge on any atom is -0.497 e. The number of nitrogens with zero attached hydrogens (tertiary/aromatic N) is 2. The lowest BCUT2D eigenvalue weighted by molar-refractivity contribution is -0.145. The van der Waals surface area contributed by atoms with Crippen LogP contribution in [0.1, 0.15) is 23.4 Å². The standard InChI is InChI=1S/C28H25N3O4/c1-18-6-5-9-25-29-20(16-26(32)31(18)25)17-35-27(33)15-14-23-22-7-3-4-8-24(22)30-28(23)19-10-12-21(34-2)13-11-19/h3-13,16,30H,14-15,17H2,1-2H3. The van der Waals surface area contributed by atoms with Crippen molar-refractivity contribution in [3.63, 3.8) is 0 Å². The van der Waals surface area contributed by atoms with Crippen molar-refractivity contribution < 1.29 is 14.3 Å². The molecule has 0 radical (unpaired) electrons. The number of aromatic nitrogens is 3. The summed E-state index contributed by atoms with van der Waals surface area (Å²) >= 11 is 0. The molecular formula is C28H25N3O4. The van der Waals surface area contributed by atoms with Gasteiger partial charge in [0.1, 0.15) is 18.0 Å². The number of para-hydroxylation sites is 1. The smallest absolute Gasteiger partial charge is 0.306 e. The molecule has 7 nitrogen and oxygen atoms in total. The molecule has 0 unspecified atom stereocenters. The van der Waals surface area contributed by atoms with Gasteiger partial charge in [-0.3, -0.25) is 14.0 Å². The average Bonchev–Trinajstić information content (AvgIpc) is 3.24. The maximum Gasteiger partial charge on any atom is 0.306 e. The quantitative estimate of drug-likeness (QED) is 0.346. The summed E-state index contributed by atoms with van der Waals surface area (Å²) in [5.74, 6) is 0.439. The average molecular weight is 468 g/mol. The fourth-order valence-electron chi connectivity index (χ4n) is 4.36. The molecule has 35 heavy (non-hydrogen) atoms. The molecule has 0 bridgehead atoms. The number of carbonyl (C=O) groups is 1. The minimum absolute atomic E-state index is 0.0439. The zero-order valence-electron chi connectivity index (χ0n) is 19.6. The highest BCUT2D eigenvalue weighted by Crippen LogP contribution is 2.32. The summed E-state index contributed by atoms with van der Waals surface area (Å²) in [7, 11) is 1.64. The van der Waals surface area contributed by atoms with Gasteiger partial charge in [-0.25, -0.2) is 4.98 Å². The number of pyridine rings is 1. The molecule has 3 heterocycles. The van der Waals surface area contributed by atoms with Crippen LogP contribution in [0, 0.1) is 6.92 Å². The Labute approximate surface area is 202 Å². The second-order valence-electron chi connectivity index (χ2n) is 8.36. The van der Waals surface area contributed by atoms with Gasteiger partial charge >= 0.3 is 5.97 Å². The number of benzene rings is 2. The van der Waals surface area contributed by atoms with Crippen LogP contribution in [0.4, 0.5) is 0 Å². The summed E-state index contributed by atoms with van der Waals surface area (Å²) in [6.07, 6.45) is 0.716. The summed E-state index contributed by atoms with van der Waals surface area (Å²) < 4.78 is 12.3. The molecule has 3 aromatic heterocycles. The third-order valence-corrected chi connectivity index (χ3v) is 6.09. The fraction of sp³-hybridized carbons (Fsp3) is 0.179. The molecule has 7 heteroatoms. The van der Waals surface area contributed by atoms with E-state index in [0.717, 1.165) is 39.2 Å². The van der Waals surface area contributed by atoms with E-state index < -0.39 is 0 Å². The highest BCUT2D eigenvalue weighted by molar-refractivity contribution is 5.91. The van der Waals surface area contributed by atoms with Gasteiger partial charge in [0.2, 0.25) is 0 Å². The number of hydrogen-bond acceptors (Lipinski definition) is 5. The normalized spacial score (nSPS) is 11.1. The lowest BCUT2D eigenvalue weighted by Gasteiger charge is -2.09. The van der Waals surface area contributed by atoms with Crippen molar-refractivity contribution >= 4 is 22.5 Å². The molecule has 0 saturated heterocycles.